The monoisotopic (exact) mass is 339 g/mol. The van der Waals surface area contributed by atoms with Gasteiger partial charge in [-0.15, -0.1) is 5.10 Å². The van der Waals surface area contributed by atoms with Crippen molar-refractivity contribution in [1.29, 1.82) is 0 Å². The molecular formula is C16H17N7O2. The molecule has 0 saturated heterocycles. The molecule has 4 rings (SSSR count). The number of hydrogen-bond donors (Lipinski definition) is 2. The Hall–Kier alpha value is -3.36. The summed E-state index contributed by atoms with van der Waals surface area (Å²) in [5, 5.41) is 14.6. The predicted molar refractivity (Wildman–Crippen MR) is 91.8 cm³/mol. The number of ether oxygens (including phenoxy) is 1. The number of methoxy groups -OCH3 is 1. The van der Waals surface area contributed by atoms with E-state index in [0.717, 1.165) is 0 Å². The first-order chi connectivity index (χ1) is 12.2. The van der Waals surface area contributed by atoms with Gasteiger partial charge >= 0.3 is 0 Å². The summed E-state index contributed by atoms with van der Waals surface area (Å²) in [6.07, 6.45) is 5.10. The number of rotatable bonds is 5. The van der Waals surface area contributed by atoms with Crippen LogP contribution < -0.4 is 10.1 Å². The third-order valence-corrected chi connectivity index (χ3v) is 3.72. The number of furan rings is 1. The number of aromatic amines is 1. The third-order valence-electron chi connectivity index (χ3n) is 3.72. The van der Waals surface area contributed by atoms with Crippen LogP contribution in [0.1, 0.15) is 19.9 Å². The van der Waals surface area contributed by atoms with Gasteiger partial charge in [-0.25, -0.2) is 9.97 Å². The molecule has 0 fully saturated rings. The highest BCUT2D eigenvalue weighted by Crippen LogP contribution is 2.30. The summed E-state index contributed by atoms with van der Waals surface area (Å²) in [5.74, 6) is 2.10. The number of aromatic nitrogens is 6. The third kappa shape index (κ3) is 2.69. The average molecular weight is 339 g/mol. The second-order valence-electron chi connectivity index (χ2n) is 5.75. The summed E-state index contributed by atoms with van der Waals surface area (Å²) in [6, 6.07) is 3.81. The molecule has 4 aromatic rings. The van der Waals surface area contributed by atoms with E-state index in [4.69, 9.17) is 9.15 Å². The van der Waals surface area contributed by atoms with E-state index in [1.54, 1.807) is 25.6 Å². The van der Waals surface area contributed by atoms with Gasteiger partial charge in [-0.2, -0.15) is 5.10 Å². The highest BCUT2D eigenvalue weighted by Gasteiger charge is 2.17. The van der Waals surface area contributed by atoms with Crippen molar-refractivity contribution in [2.45, 2.75) is 19.9 Å². The minimum Gasteiger partial charge on any atom is -0.478 e. The molecular weight excluding hydrogens is 322 g/mol. The zero-order valence-electron chi connectivity index (χ0n) is 14.0. The van der Waals surface area contributed by atoms with Crippen LogP contribution in [0, 0.1) is 0 Å². The molecule has 0 aliphatic heterocycles. The van der Waals surface area contributed by atoms with Gasteiger partial charge in [-0.05, 0) is 26.0 Å². The number of anilines is 2. The Morgan fingerprint density at radius 2 is 2.20 bits per heavy atom. The fraction of sp³-hybridized carbons (Fsp3) is 0.250. The maximum atomic E-state index is 5.41. The van der Waals surface area contributed by atoms with Crippen LogP contribution in [0.15, 0.2) is 35.2 Å². The van der Waals surface area contributed by atoms with Gasteiger partial charge in [0.2, 0.25) is 0 Å². The predicted octanol–water partition coefficient (Wildman–Crippen LogP) is 3.14. The van der Waals surface area contributed by atoms with Crippen LogP contribution in [0.4, 0.5) is 11.5 Å². The highest BCUT2D eigenvalue weighted by atomic mass is 16.5. The van der Waals surface area contributed by atoms with E-state index in [9.17, 15) is 0 Å². The second-order valence-corrected chi connectivity index (χ2v) is 5.75. The minimum atomic E-state index is 0.209. The molecule has 0 bridgehead atoms. The molecule has 0 atom stereocenters. The first-order valence-corrected chi connectivity index (χ1v) is 7.81. The Labute approximate surface area is 143 Å². The Morgan fingerprint density at radius 1 is 1.32 bits per heavy atom. The van der Waals surface area contributed by atoms with Crippen LogP contribution >= 0.6 is 0 Å². The lowest BCUT2D eigenvalue weighted by molar-refractivity contribution is 0.384. The van der Waals surface area contributed by atoms with Crippen LogP contribution in [-0.4, -0.2) is 37.1 Å². The lowest BCUT2D eigenvalue weighted by Crippen LogP contribution is -2.00. The van der Waals surface area contributed by atoms with Crippen LogP contribution in [0.5, 0.6) is 5.88 Å². The fourth-order valence-electron chi connectivity index (χ4n) is 2.45. The number of H-pyrrole nitrogens is 1. The van der Waals surface area contributed by atoms with Gasteiger partial charge in [0, 0.05) is 6.04 Å². The first-order valence-electron chi connectivity index (χ1n) is 7.81. The fourth-order valence-corrected chi connectivity index (χ4v) is 2.45. The molecule has 9 nitrogen and oxygen atoms in total. The van der Waals surface area contributed by atoms with E-state index >= 15 is 0 Å². The summed E-state index contributed by atoms with van der Waals surface area (Å²) >= 11 is 0. The van der Waals surface area contributed by atoms with Gasteiger partial charge in [0.1, 0.15) is 16.7 Å². The van der Waals surface area contributed by atoms with E-state index in [1.165, 1.54) is 0 Å². The number of fused-ring (bicyclic) bond motifs is 1. The molecule has 9 heteroatoms. The highest BCUT2D eigenvalue weighted by molar-refractivity contribution is 5.88. The topological polar surface area (TPSA) is 107 Å². The van der Waals surface area contributed by atoms with Crippen molar-refractivity contribution in [3.05, 3.63) is 30.8 Å². The van der Waals surface area contributed by atoms with Crippen LogP contribution in [0.2, 0.25) is 0 Å². The summed E-state index contributed by atoms with van der Waals surface area (Å²) in [5.41, 5.74) is 2.07. The summed E-state index contributed by atoms with van der Waals surface area (Å²) in [7, 11) is 1.58. The van der Waals surface area contributed by atoms with Crippen molar-refractivity contribution in [2.24, 2.45) is 0 Å². The van der Waals surface area contributed by atoms with Crippen molar-refractivity contribution in [2.75, 3.05) is 12.4 Å². The quantitative estimate of drug-likeness (QED) is 0.575. The van der Waals surface area contributed by atoms with E-state index in [1.807, 2.05) is 30.8 Å². The van der Waals surface area contributed by atoms with Crippen molar-refractivity contribution >= 4 is 22.5 Å². The van der Waals surface area contributed by atoms with Crippen molar-refractivity contribution in [3.8, 4) is 17.5 Å². The van der Waals surface area contributed by atoms with Crippen molar-refractivity contribution in [3.63, 3.8) is 0 Å². The standard InChI is InChI=1S/C16H17N7O2/c1-9(2)23-8-11(16(22-23)24-3)19-15-13-10(7-17-21-13)18-14(20-15)12-5-4-6-25-12/h4-9H,1-3H3,(H,17,21)(H,18,19,20). The smallest absolute Gasteiger partial charge is 0.256 e. The molecule has 0 spiro atoms. The van der Waals surface area contributed by atoms with Crippen molar-refractivity contribution in [1.82, 2.24) is 29.9 Å². The van der Waals surface area contributed by atoms with Gasteiger partial charge < -0.3 is 14.5 Å². The minimum absolute atomic E-state index is 0.209. The molecule has 0 saturated carbocycles. The summed E-state index contributed by atoms with van der Waals surface area (Å²) in [4.78, 5) is 9.03. The van der Waals surface area contributed by atoms with Crippen molar-refractivity contribution < 1.29 is 9.15 Å². The molecule has 0 unspecified atom stereocenters. The molecule has 0 amide bonds. The molecule has 25 heavy (non-hydrogen) atoms. The van der Waals surface area contributed by atoms with E-state index in [0.29, 0.717) is 40.0 Å². The SMILES string of the molecule is COc1nn(C(C)C)cc1Nc1nc(-c2ccco2)nc2cn[nH]c12. The van der Waals surface area contributed by atoms with E-state index in [2.05, 4.69) is 30.6 Å². The maximum absolute atomic E-state index is 5.41. The molecule has 4 aromatic heterocycles. The van der Waals surface area contributed by atoms with Gasteiger partial charge in [0.05, 0.1) is 25.8 Å². The van der Waals surface area contributed by atoms with Crippen LogP contribution in [0.3, 0.4) is 0 Å². The largest absolute Gasteiger partial charge is 0.478 e. The molecule has 0 aromatic carbocycles. The summed E-state index contributed by atoms with van der Waals surface area (Å²) < 4.78 is 12.6. The molecule has 2 N–H and O–H groups in total. The van der Waals surface area contributed by atoms with Gasteiger partial charge in [-0.3, -0.25) is 9.78 Å². The average Bonchev–Trinajstić information content (AvgIpc) is 3.34. The Bertz CT molecular complexity index is 1000. The van der Waals surface area contributed by atoms with Gasteiger partial charge in [-0.1, -0.05) is 0 Å². The zero-order valence-corrected chi connectivity index (χ0v) is 14.0. The van der Waals surface area contributed by atoms with Crippen LogP contribution in [0.25, 0.3) is 22.6 Å². The number of nitrogens with one attached hydrogen (secondary N) is 2. The summed E-state index contributed by atoms with van der Waals surface area (Å²) in [6.45, 7) is 4.09. The number of hydrogen-bond acceptors (Lipinski definition) is 7. The Morgan fingerprint density at radius 3 is 2.92 bits per heavy atom. The van der Waals surface area contributed by atoms with Crippen LogP contribution in [-0.2, 0) is 0 Å². The first kappa shape index (κ1) is 15.2. The lowest BCUT2D eigenvalue weighted by Gasteiger charge is -2.07. The molecule has 0 aliphatic rings. The molecule has 4 heterocycles. The van der Waals surface area contributed by atoms with Gasteiger partial charge in [0.25, 0.3) is 5.88 Å². The Kier molecular flexibility index (Phi) is 3.60. The van der Waals surface area contributed by atoms with Gasteiger partial charge in [0.15, 0.2) is 17.4 Å². The Balaban J connectivity index is 1.80. The molecule has 0 aliphatic carbocycles. The lowest BCUT2D eigenvalue weighted by atomic mass is 10.3. The van der Waals surface area contributed by atoms with E-state index in [-0.39, 0.29) is 6.04 Å². The maximum Gasteiger partial charge on any atom is 0.256 e. The zero-order chi connectivity index (χ0) is 17.4. The molecule has 0 radical (unpaired) electrons. The molecule has 128 valence electrons. The second kappa shape index (κ2) is 5.93. The normalized spacial score (nSPS) is 11.4. The number of nitrogens with zero attached hydrogens (tertiary/aromatic N) is 5. The van der Waals surface area contributed by atoms with E-state index < -0.39 is 0 Å².